The Kier molecular flexibility index (Phi) is 8.21. The number of methoxy groups -OCH3 is 1. The maximum Gasteiger partial charge on any atom is 0.275 e. The third-order valence-electron chi connectivity index (χ3n) is 6.62. The molecule has 190 valence electrons. The van der Waals surface area contributed by atoms with Crippen LogP contribution in [0.15, 0.2) is 35.2 Å². The zero-order chi connectivity index (χ0) is 25.8. The monoisotopic (exact) mass is 525 g/mol. The van der Waals surface area contributed by atoms with Crippen LogP contribution in [0.2, 0.25) is 0 Å². The van der Waals surface area contributed by atoms with Crippen molar-refractivity contribution in [3.63, 3.8) is 0 Å². The van der Waals surface area contributed by atoms with E-state index in [4.69, 9.17) is 4.74 Å². The zero-order valence-corrected chi connectivity index (χ0v) is 22.6. The highest BCUT2D eigenvalue weighted by molar-refractivity contribution is 7.17. The Morgan fingerprint density at radius 2 is 1.94 bits per heavy atom. The molecule has 0 spiro atoms. The van der Waals surface area contributed by atoms with Crippen LogP contribution >= 0.6 is 22.7 Å². The Labute approximate surface area is 219 Å². The number of amides is 2. The van der Waals surface area contributed by atoms with Crippen LogP contribution in [-0.2, 0) is 4.79 Å². The van der Waals surface area contributed by atoms with E-state index in [1.54, 1.807) is 29.0 Å². The van der Waals surface area contributed by atoms with E-state index in [9.17, 15) is 14.4 Å². The van der Waals surface area contributed by atoms with Gasteiger partial charge in [0.1, 0.15) is 11.4 Å². The Bertz CT molecular complexity index is 1230. The molecule has 36 heavy (non-hydrogen) atoms. The minimum atomic E-state index is -0.313. The van der Waals surface area contributed by atoms with E-state index < -0.39 is 0 Å². The number of hydrogen-bond donors (Lipinski definition) is 1. The quantitative estimate of drug-likeness (QED) is 0.339. The average Bonchev–Trinajstić information content (AvgIpc) is 3.55. The van der Waals surface area contributed by atoms with Crippen molar-refractivity contribution in [2.45, 2.75) is 52.5 Å². The molecule has 1 aliphatic rings. The van der Waals surface area contributed by atoms with Gasteiger partial charge in [-0.15, -0.1) is 22.7 Å². The van der Waals surface area contributed by atoms with Crippen molar-refractivity contribution in [2.24, 2.45) is 11.8 Å². The highest BCUT2D eigenvalue weighted by Gasteiger charge is 2.32. The van der Waals surface area contributed by atoms with Gasteiger partial charge in [-0.25, -0.2) is 4.98 Å². The summed E-state index contributed by atoms with van der Waals surface area (Å²) in [5.41, 5.74) is 3.96. The number of nitrogens with zero attached hydrogens (tertiary/aromatic N) is 2. The molecule has 2 amide bonds. The number of carbonyl (C=O) groups excluding carboxylic acids is 3. The standard InChI is InChI=1S/C27H31N3O4S2/c1-16(2)30(27(33)18-7-5-17(3)6-8-18)22-12-24(36-25(22)13-31)19-9-10-20(23(11-19)34-4)29-26(32)21-14-35-15-28-21/h9-18H,5-8H2,1-4H3,(H,29,32). The number of thiophene rings is 1. The first-order valence-electron chi connectivity index (χ1n) is 12.1. The van der Waals surface area contributed by atoms with Gasteiger partial charge in [0.15, 0.2) is 6.29 Å². The second-order valence-electron chi connectivity index (χ2n) is 9.48. The molecular formula is C27H31N3O4S2. The third-order valence-corrected chi connectivity index (χ3v) is 8.31. The first-order chi connectivity index (χ1) is 17.3. The minimum Gasteiger partial charge on any atom is -0.495 e. The first kappa shape index (κ1) is 26.0. The maximum atomic E-state index is 13.6. The Morgan fingerprint density at radius 1 is 1.19 bits per heavy atom. The lowest BCUT2D eigenvalue weighted by Crippen LogP contribution is -2.42. The SMILES string of the molecule is COc1cc(-c2cc(N(C(=O)C3CCC(C)CC3)C(C)C)c(C=O)s2)ccc1NC(=O)c1cscn1. The molecular weight excluding hydrogens is 494 g/mol. The number of aldehydes is 1. The van der Waals surface area contributed by atoms with E-state index in [0.717, 1.165) is 42.4 Å². The molecule has 4 rings (SSSR count). The molecule has 1 aliphatic carbocycles. The summed E-state index contributed by atoms with van der Waals surface area (Å²) >= 11 is 2.70. The van der Waals surface area contributed by atoms with E-state index in [0.29, 0.717) is 33.6 Å². The van der Waals surface area contributed by atoms with Crippen LogP contribution in [0, 0.1) is 11.8 Å². The molecule has 1 aromatic carbocycles. The summed E-state index contributed by atoms with van der Waals surface area (Å²) < 4.78 is 5.54. The van der Waals surface area contributed by atoms with Crippen LogP contribution < -0.4 is 15.0 Å². The molecule has 1 N–H and O–H groups in total. The number of rotatable bonds is 8. The van der Waals surface area contributed by atoms with E-state index in [1.165, 1.54) is 22.7 Å². The van der Waals surface area contributed by atoms with Gasteiger partial charge >= 0.3 is 0 Å². The van der Waals surface area contributed by atoms with Gasteiger partial charge in [0, 0.05) is 22.2 Å². The number of nitrogens with one attached hydrogen (secondary N) is 1. The topological polar surface area (TPSA) is 88.6 Å². The van der Waals surface area contributed by atoms with Crippen LogP contribution in [-0.4, -0.2) is 36.2 Å². The van der Waals surface area contributed by atoms with E-state index >= 15 is 0 Å². The summed E-state index contributed by atoms with van der Waals surface area (Å²) in [6.07, 6.45) is 4.73. The summed E-state index contributed by atoms with van der Waals surface area (Å²) in [6, 6.07) is 7.31. The lowest BCUT2D eigenvalue weighted by atomic mass is 9.82. The van der Waals surface area contributed by atoms with Crippen molar-refractivity contribution in [1.29, 1.82) is 0 Å². The maximum absolute atomic E-state index is 13.6. The number of benzene rings is 1. The van der Waals surface area contributed by atoms with E-state index in [2.05, 4.69) is 17.2 Å². The van der Waals surface area contributed by atoms with Gasteiger partial charge in [-0.1, -0.05) is 13.0 Å². The van der Waals surface area contributed by atoms with Crippen molar-refractivity contribution < 1.29 is 19.1 Å². The van der Waals surface area contributed by atoms with Gasteiger partial charge in [-0.2, -0.15) is 0 Å². The molecule has 0 radical (unpaired) electrons. The highest BCUT2D eigenvalue weighted by atomic mass is 32.1. The lowest BCUT2D eigenvalue weighted by Gasteiger charge is -2.33. The van der Waals surface area contributed by atoms with Crippen LogP contribution in [0.4, 0.5) is 11.4 Å². The van der Waals surface area contributed by atoms with Crippen molar-refractivity contribution >= 4 is 52.1 Å². The molecule has 1 saturated carbocycles. The van der Waals surface area contributed by atoms with Gasteiger partial charge in [0.05, 0.1) is 28.9 Å². The molecule has 0 aliphatic heterocycles. The fourth-order valence-corrected chi connectivity index (χ4v) is 6.12. The molecule has 2 heterocycles. The second-order valence-corrected chi connectivity index (χ2v) is 11.3. The summed E-state index contributed by atoms with van der Waals surface area (Å²) in [7, 11) is 1.54. The van der Waals surface area contributed by atoms with Crippen LogP contribution in [0.1, 0.15) is 66.6 Å². The van der Waals surface area contributed by atoms with Crippen molar-refractivity contribution in [2.75, 3.05) is 17.3 Å². The number of anilines is 2. The summed E-state index contributed by atoms with van der Waals surface area (Å²) in [5, 5.41) is 4.51. The van der Waals surface area contributed by atoms with E-state index in [1.807, 2.05) is 32.0 Å². The molecule has 0 unspecified atom stereocenters. The van der Waals surface area contributed by atoms with E-state index in [-0.39, 0.29) is 23.8 Å². The average molecular weight is 526 g/mol. The number of ether oxygens (including phenoxy) is 1. The molecule has 0 bridgehead atoms. The van der Waals surface area contributed by atoms with Crippen molar-refractivity contribution in [3.05, 3.63) is 45.7 Å². The summed E-state index contributed by atoms with van der Waals surface area (Å²) in [6.45, 7) is 6.21. The van der Waals surface area contributed by atoms with Gasteiger partial charge in [0.2, 0.25) is 5.91 Å². The lowest BCUT2D eigenvalue weighted by molar-refractivity contribution is -0.123. The molecule has 7 nitrogen and oxygen atoms in total. The Morgan fingerprint density at radius 3 is 2.56 bits per heavy atom. The predicted octanol–water partition coefficient (Wildman–Crippen LogP) is 6.51. The molecule has 3 aromatic rings. The zero-order valence-electron chi connectivity index (χ0n) is 20.9. The number of thiazole rings is 1. The first-order valence-corrected chi connectivity index (χ1v) is 13.9. The fourth-order valence-electron chi connectivity index (χ4n) is 4.62. The number of aromatic nitrogens is 1. The summed E-state index contributed by atoms with van der Waals surface area (Å²) in [4.78, 5) is 45.2. The second kappa shape index (κ2) is 11.3. The summed E-state index contributed by atoms with van der Waals surface area (Å²) in [5.74, 6) is 0.928. The molecule has 2 aromatic heterocycles. The van der Waals surface area contributed by atoms with Crippen LogP contribution in [0.5, 0.6) is 5.75 Å². The molecule has 1 fully saturated rings. The van der Waals surface area contributed by atoms with Gasteiger partial charge in [-0.3, -0.25) is 14.4 Å². The van der Waals surface area contributed by atoms with Crippen molar-refractivity contribution in [3.8, 4) is 16.2 Å². The Balaban J connectivity index is 1.62. The van der Waals surface area contributed by atoms with Gasteiger partial charge in [-0.05, 0) is 69.2 Å². The Hall–Kier alpha value is -3.04. The van der Waals surface area contributed by atoms with Crippen molar-refractivity contribution in [1.82, 2.24) is 4.98 Å². The third kappa shape index (κ3) is 5.52. The molecule has 0 saturated heterocycles. The largest absolute Gasteiger partial charge is 0.495 e. The van der Waals surface area contributed by atoms with Crippen LogP contribution in [0.3, 0.4) is 0 Å². The number of carbonyl (C=O) groups is 3. The van der Waals surface area contributed by atoms with Gasteiger partial charge < -0.3 is 15.0 Å². The predicted molar refractivity (Wildman–Crippen MR) is 146 cm³/mol. The minimum absolute atomic E-state index is 0.00726. The molecule has 9 heteroatoms. The fraction of sp³-hybridized carbons (Fsp3) is 0.407. The smallest absolute Gasteiger partial charge is 0.275 e. The number of hydrogen-bond acceptors (Lipinski definition) is 7. The van der Waals surface area contributed by atoms with Gasteiger partial charge in [0.25, 0.3) is 5.91 Å². The highest BCUT2D eigenvalue weighted by Crippen LogP contribution is 2.41. The van der Waals surface area contributed by atoms with Crippen LogP contribution in [0.25, 0.3) is 10.4 Å². The normalized spacial score (nSPS) is 17.6. The molecule has 0 atom stereocenters.